The van der Waals surface area contributed by atoms with Crippen LogP contribution < -0.4 is 56.5 Å². The van der Waals surface area contributed by atoms with E-state index in [0.717, 1.165) is 6.42 Å². The Hall–Kier alpha value is 1.05. The summed E-state index contributed by atoms with van der Waals surface area (Å²) in [5, 5.41) is 10.7. The molecule has 0 bridgehead atoms. The first kappa shape index (κ1) is 20.0. The van der Waals surface area contributed by atoms with E-state index in [1.54, 1.807) is 0 Å². The van der Waals surface area contributed by atoms with Crippen LogP contribution in [0, 0.1) is 0 Å². The third-order valence-corrected chi connectivity index (χ3v) is 3.62. The molecular formula is C16H23KOSe. The molecule has 0 aliphatic rings. The van der Waals surface area contributed by atoms with Crippen molar-refractivity contribution in [2.75, 3.05) is 0 Å². The number of hydrogen-bond donors (Lipinski definition) is 0. The van der Waals surface area contributed by atoms with E-state index < -0.39 is 0 Å². The molecule has 1 aromatic carbocycles. The summed E-state index contributed by atoms with van der Waals surface area (Å²) in [6, 6.07) is 10.7. The minimum Gasteiger partial charge on any atom is -0.0622 e. The standard InChI is InChI=1S/C16H24OSe.K/c17-16(18)14-10-5-3-1-2-4-7-11-15-12-8-6-9-13-15;/h6,8-9,12-13H,1-5,7,10-11,14H2,(H,17,18);/q;+1/p-1. The van der Waals surface area contributed by atoms with Gasteiger partial charge in [0.05, 0.1) is 0 Å². The molecule has 0 unspecified atom stereocenters. The Kier molecular flexibility index (Phi) is 14.8. The van der Waals surface area contributed by atoms with Gasteiger partial charge < -0.3 is 0 Å². The number of benzene rings is 1. The van der Waals surface area contributed by atoms with Gasteiger partial charge in [-0.05, 0) is 0 Å². The van der Waals surface area contributed by atoms with Crippen LogP contribution in [0.1, 0.15) is 56.9 Å². The molecule has 100 valence electrons. The van der Waals surface area contributed by atoms with Crippen molar-refractivity contribution in [1.29, 1.82) is 0 Å². The van der Waals surface area contributed by atoms with Gasteiger partial charge in [-0.2, -0.15) is 0 Å². The van der Waals surface area contributed by atoms with E-state index in [0.29, 0.717) is 6.42 Å². The van der Waals surface area contributed by atoms with Crippen LogP contribution in [0.15, 0.2) is 30.3 Å². The Morgan fingerprint density at radius 2 is 1.37 bits per heavy atom. The first-order chi connectivity index (χ1) is 8.79. The Morgan fingerprint density at radius 3 is 1.95 bits per heavy atom. The quantitative estimate of drug-likeness (QED) is 0.431. The summed E-state index contributed by atoms with van der Waals surface area (Å²) in [4.78, 5) is 0. The molecule has 0 saturated heterocycles. The normalized spacial score (nSPS) is 9.89. The third kappa shape index (κ3) is 12.5. The summed E-state index contributed by atoms with van der Waals surface area (Å²) in [6.07, 6.45) is 10.7. The summed E-state index contributed by atoms with van der Waals surface area (Å²) in [6.45, 7) is 0. The Bertz CT molecular complexity index is 327. The Labute approximate surface area is 168 Å². The molecule has 0 atom stereocenters. The molecule has 1 rings (SSSR count). The molecular weight excluding hydrogens is 326 g/mol. The van der Waals surface area contributed by atoms with E-state index in [-0.39, 0.29) is 56.0 Å². The summed E-state index contributed by atoms with van der Waals surface area (Å²) >= 11 is 2.54. The minimum absolute atomic E-state index is 0. The fraction of sp³-hybridized carbons (Fsp3) is 0.562. The van der Waals surface area contributed by atoms with Crippen molar-refractivity contribution in [3.8, 4) is 0 Å². The van der Waals surface area contributed by atoms with Crippen molar-refractivity contribution in [3.63, 3.8) is 0 Å². The molecule has 1 nitrogen and oxygen atoms in total. The molecule has 0 radical (unpaired) electrons. The van der Waals surface area contributed by atoms with Crippen molar-refractivity contribution < 1.29 is 56.5 Å². The van der Waals surface area contributed by atoms with Crippen LogP contribution in [0.2, 0.25) is 0 Å². The van der Waals surface area contributed by atoms with E-state index in [2.05, 4.69) is 45.9 Å². The molecule has 1 aromatic rings. The first-order valence-corrected chi connectivity index (χ1v) is 7.88. The van der Waals surface area contributed by atoms with Crippen molar-refractivity contribution in [3.05, 3.63) is 35.9 Å². The van der Waals surface area contributed by atoms with E-state index >= 15 is 0 Å². The minimum atomic E-state index is 0. The number of hydrogen-bond acceptors (Lipinski definition) is 1. The van der Waals surface area contributed by atoms with Gasteiger partial charge in [-0.3, -0.25) is 0 Å². The fourth-order valence-electron chi connectivity index (χ4n) is 2.13. The molecule has 3 heteroatoms. The topological polar surface area (TPSA) is 23.1 Å². The molecule has 0 aromatic heterocycles. The first-order valence-electron chi connectivity index (χ1n) is 7.03. The van der Waals surface area contributed by atoms with Gasteiger partial charge in [0.25, 0.3) is 0 Å². The fourth-order valence-corrected chi connectivity index (χ4v) is 2.43. The number of rotatable bonds is 10. The van der Waals surface area contributed by atoms with Crippen LogP contribution in [0.3, 0.4) is 0 Å². The van der Waals surface area contributed by atoms with E-state index in [1.165, 1.54) is 50.5 Å². The summed E-state index contributed by atoms with van der Waals surface area (Å²) in [5.74, 6) is 0. The van der Waals surface area contributed by atoms with Crippen LogP contribution in [0.5, 0.6) is 0 Å². The Morgan fingerprint density at radius 1 is 0.842 bits per heavy atom. The number of aryl methyl sites for hydroxylation is 1. The molecule has 0 fully saturated rings. The summed E-state index contributed by atoms with van der Waals surface area (Å²) < 4.78 is 0.206. The predicted octanol–water partition coefficient (Wildman–Crippen LogP) is 0.0126. The van der Waals surface area contributed by atoms with Gasteiger partial charge >= 0.3 is 152 Å². The molecule has 19 heavy (non-hydrogen) atoms. The Balaban J connectivity index is 0.00000324. The molecule has 0 N–H and O–H groups in total. The van der Waals surface area contributed by atoms with Crippen molar-refractivity contribution >= 4 is 20.2 Å². The van der Waals surface area contributed by atoms with Gasteiger partial charge in [0.1, 0.15) is 0 Å². The van der Waals surface area contributed by atoms with Crippen molar-refractivity contribution in [1.82, 2.24) is 0 Å². The monoisotopic (exact) mass is 350 g/mol. The van der Waals surface area contributed by atoms with Gasteiger partial charge in [-0.15, -0.1) is 0 Å². The second-order valence-corrected chi connectivity index (χ2v) is 5.79. The summed E-state index contributed by atoms with van der Waals surface area (Å²) in [7, 11) is 0. The molecule has 0 heterocycles. The van der Waals surface area contributed by atoms with Crippen LogP contribution >= 0.6 is 0 Å². The second-order valence-electron chi connectivity index (χ2n) is 4.83. The van der Waals surface area contributed by atoms with Gasteiger partial charge in [-0.1, -0.05) is 18.2 Å². The second kappa shape index (κ2) is 14.0. The molecule has 0 amide bonds. The predicted molar refractivity (Wildman–Crippen MR) is 77.8 cm³/mol. The maximum atomic E-state index is 10.7. The van der Waals surface area contributed by atoms with Gasteiger partial charge in [-0.25, -0.2) is 0 Å². The van der Waals surface area contributed by atoms with Crippen LogP contribution in [-0.2, 0) is 6.42 Å². The average Bonchev–Trinajstić information content (AvgIpc) is 2.37. The van der Waals surface area contributed by atoms with Crippen molar-refractivity contribution in [2.45, 2.75) is 57.8 Å². The molecule has 0 saturated carbocycles. The summed E-state index contributed by atoms with van der Waals surface area (Å²) in [5.41, 5.74) is 1.45. The van der Waals surface area contributed by atoms with Crippen LogP contribution in [-0.4, -0.2) is 20.2 Å². The van der Waals surface area contributed by atoms with Crippen LogP contribution in [0.4, 0.5) is 0 Å². The SMILES string of the molecule is [K+].[O-]C(=[Se])CCCCCCCCCc1ccccc1. The van der Waals surface area contributed by atoms with Gasteiger partial charge in [0.15, 0.2) is 0 Å². The van der Waals surface area contributed by atoms with E-state index in [9.17, 15) is 5.11 Å². The zero-order valence-electron chi connectivity index (χ0n) is 12.1. The number of unbranched alkanes of at least 4 members (excludes halogenated alkanes) is 6. The maximum absolute atomic E-state index is 10.7. The van der Waals surface area contributed by atoms with Gasteiger partial charge in [0.2, 0.25) is 0 Å². The van der Waals surface area contributed by atoms with Crippen LogP contribution in [0.25, 0.3) is 0 Å². The smallest absolute Gasteiger partial charge is 0.0622 e. The van der Waals surface area contributed by atoms with Gasteiger partial charge in [0, 0.05) is 0 Å². The third-order valence-electron chi connectivity index (χ3n) is 3.19. The zero-order chi connectivity index (χ0) is 13.1. The van der Waals surface area contributed by atoms with E-state index in [1.807, 2.05) is 0 Å². The molecule has 0 aliphatic carbocycles. The zero-order valence-corrected chi connectivity index (χ0v) is 16.9. The van der Waals surface area contributed by atoms with E-state index in [4.69, 9.17) is 0 Å². The molecule has 0 spiro atoms. The van der Waals surface area contributed by atoms with Crippen molar-refractivity contribution in [2.24, 2.45) is 0 Å². The molecule has 0 aliphatic heterocycles. The average molecular weight is 349 g/mol.